The molecule has 0 fully saturated rings. The van der Waals surface area contributed by atoms with Crippen molar-refractivity contribution in [1.82, 2.24) is 20.2 Å². The number of aromatic nitrogens is 4. The van der Waals surface area contributed by atoms with E-state index in [1.54, 1.807) is 0 Å². The van der Waals surface area contributed by atoms with Gasteiger partial charge in [0.05, 0.1) is 12.1 Å². The number of benzene rings is 1. The molecular weight excluding hydrogens is 232 g/mol. The predicted molar refractivity (Wildman–Crippen MR) is 64.6 cm³/mol. The van der Waals surface area contributed by atoms with Crippen molar-refractivity contribution in [2.75, 3.05) is 0 Å². The van der Waals surface area contributed by atoms with E-state index in [1.165, 1.54) is 10.4 Å². The van der Waals surface area contributed by atoms with Crippen molar-refractivity contribution in [1.29, 1.82) is 0 Å². The zero-order valence-corrected chi connectivity index (χ0v) is 10.3. The summed E-state index contributed by atoms with van der Waals surface area (Å²) >= 11 is 0. The number of aryl methyl sites for hydroxylation is 3. The van der Waals surface area contributed by atoms with E-state index in [9.17, 15) is 4.79 Å². The minimum Gasteiger partial charge on any atom is -0.481 e. The standard InChI is InChI=1S/C12H14N4O2/c1-8-3-4-10(9(2)7-8)16-14-11(13-15-16)5-6-12(17)18/h3-4,7H,5-6H2,1-2H3,(H,17,18). The van der Waals surface area contributed by atoms with Crippen LogP contribution in [-0.2, 0) is 11.2 Å². The van der Waals surface area contributed by atoms with Gasteiger partial charge in [0.25, 0.3) is 0 Å². The van der Waals surface area contributed by atoms with E-state index < -0.39 is 5.97 Å². The van der Waals surface area contributed by atoms with Gasteiger partial charge in [-0.05, 0) is 30.7 Å². The van der Waals surface area contributed by atoms with Gasteiger partial charge in [0, 0.05) is 6.42 Å². The topological polar surface area (TPSA) is 80.9 Å². The molecule has 2 rings (SSSR count). The number of hydrogen-bond acceptors (Lipinski definition) is 4. The van der Waals surface area contributed by atoms with Crippen LogP contribution in [0, 0.1) is 13.8 Å². The van der Waals surface area contributed by atoms with Crippen LogP contribution in [0.4, 0.5) is 0 Å². The molecule has 2 aromatic rings. The number of tetrazole rings is 1. The Hall–Kier alpha value is -2.24. The number of carbonyl (C=O) groups is 1. The normalized spacial score (nSPS) is 10.6. The average Bonchev–Trinajstić information content (AvgIpc) is 2.75. The number of carboxylic acids is 1. The Labute approximate surface area is 104 Å². The molecule has 1 aromatic carbocycles. The highest BCUT2D eigenvalue weighted by Crippen LogP contribution is 2.13. The summed E-state index contributed by atoms with van der Waals surface area (Å²) in [6, 6.07) is 5.94. The maximum absolute atomic E-state index is 10.5. The van der Waals surface area contributed by atoms with Crippen molar-refractivity contribution in [3.8, 4) is 5.69 Å². The molecule has 1 heterocycles. The smallest absolute Gasteiger partial charge is 0.303 e. The van der Waals surface area contributed by atoms with Crippen LogP contribution in [0.5, 0.6) is 0 Å². The first kappa shape index (κ1) is 12.2. The van der Waals surface area contributed by atoms with E-state index >= 15 is 0 Å². The fourth-order valence-corrected chi connectivity index (χ4v) is 1.69. The third-order valence-electron chi connectivity index (χ3n) is 2.59. The van der Waals surface area contributed by atoms with Crippen LogP contribution in [0.2, 0.25) is 0 Å². The summed E-state index contributed by atoms with van der Waals surface area (Å²) in [4.78, 5) is 11.9. The minimum atomic E-state index is -0.863. The van der Waals surface area contributed by atoms with Gasteiger partial charge in [-0.1, -0.05) is 17.7 Å². The zero-order chi connectivity index (χ0) is 13.1. The van der Waals surface area contributed by atoms with E-state index in [0.29, 0.717) is 12.2 Å². The largest absolute Gasteiger partial charge is 0.481 e. The van der Waals surface area contributed by atoms with Crippen molar-refractivity contribution in [2.45, 2.75) is 26.7 Å². The fourth-order valence-electron chi connectivity index (χ4n) is 1.69. The number of aliphatic carboxylic acids is 1. The molecule has 0 saturated carbocycles. The van der Waals surface area contributed by atoms with Crippen LogP contribution in [0.15, 0.2) is 18.2 Å². The number of rotatable bonds is 4. The number of hydrogen-bond donors (Lipinski definition) is 1. The highest BCUT2D eigenvalue weighted by Gasteiger charge is 2.08. The average molecular weight is 246 g/mol. The molecule has 18 heavy (non-hydrogen) atoms. The molecule has 1 aromatic heterocycles. The van der Waals surface area contributed by atoms with Gasteiger partial charge in [-0.3, -0.25) is 4.79 Å². The van der Waals surface area contributed by atoms with Crippen LogP contribution >= 0.6 is 0 Å². The molecule has 0 aliphatic rings. The predicted octanol–water partition coefficient (Wildman–Crippen LogP) is 1.30. The van der Waals surface area contributed by atoms with Gasteiger partial charge in [-0.25, -0.2) is 0 Å². The Kier molecular flexibility index (Phi) is 3.36. The lowest BCUT2D eigenvalue weighted by Gasteiger charge is -2.03. The van der Waals surface area contributed by atoms with Gasteiger partial charge in [-0.15, -0.1) is 15.0 Å². The van der Waals surface area contributed by atoms with Crippen molar-refractivity contribution in [3.63, 3.8) is 0 Å². The zero-order valence-electron chi connectivity index (χ0n) is 10.3. The van der Waals surface area contributed by atoms with E-state index in [1.807, 2.05) is 32.0 Å². The van der Waals surface area contributed by atoms with Gasteiger partial charge in [-0.2, -0.15) is 0 Å². The SMILES string of the molecule is Cc1ccc(-n2nnc(CCC(=O)O)n2)c(C)c1. The lowest BCUT2D eigenvalue weighted by atomic mass is 10.1. The Morgan fingerprint density at radius 2 is 2.17 bits per heavy atom. The summed E-state index contributed by atoms with van der Waals surface area (Å²) < 4.78 is 0. The second kappa shape index (κ2) is 4.95. The molecule has 0 saturated heterocycles. The first-order chi connectivity index (χ1) is 8.56. The van der Waals surface area contributed by atoms with Crippen LogP contribution in [0.3, 0.4) is 0 Å². The van der Waals surface area contributed by atoms with Crippen molar-refractivity contribution in [2.24, 2.45) is 0 Å². The molecular formula is C12H14N4O2. The molecule has 0 radical (unpaired) electrons. The maximum atomic E-state index is 10.5. The summed E-state index contributed by atoms with van der Waals surface area (Å²) in [5.74, 6) is -0.421. The maximum Gasteiger partial charge on any atom is 0.303 e. The van der Waals surface area contributed by atoms with Gasteiger partial charge in [0.2, 0.25) is 0 Å². The van der Waals surface area contributed by atoms with Crippen LogP contribution in [0.25, 0.3) is 5.69 Å². The van der Waals surface area contributed by atoms with Gasteiger partial charge >= 0.3 is 5.97 Å². The molecule has 1 N–H and O–H groups in total. The molecule has 0 spiro atoms. The third kappa shape index (κ3) is 2.71. The summed E-state index contributed by atoms with van der Waals surface area (Å²) in [6.45, 7) is 3.99. The highest BCUT2D eigenvalue weighted by molar-refractivity contribution is 5.66. The molecule has 0 atom stereocenters. The Morgan fingerprint density at radius 1 is 1.39 bits per heavy atom. The van der Waals surface area contributed by atoms with Crippen molar-refractivity contribution in [3.05, 3.63) is 35.2 Å². The lowest BCUT2D eigenvalue weighted by molar-refractivity contribution is -0.137. The van der Waals surface area contributed by atoms with E-state index in [-0.39, 0.29) is 6.42 Å². The fraction of sp³-hybridized carbons (Fsp3) is 0.333. The molecule has 6 nitrogen and oxygen atoms in total. The Balaban J connectivity index is 2.21. The third-order valence-corrected chi connectivity index (χ3v) is 2.59. The van der Waals surface area contributed by atoms with E-state index in [4.69, 9.17) is 5.11 Å². The summed E-state index contributed by atoms with van der Waals surface area (Å²) in [5.41, 5.74) is 3.08. The van der Waals surface area contributed by atoms with Crippen LogP contribution in [-0.4, -0.2) is 31.3 Å². The van der Waals surface area contributed by atoms with E-state index in [0.717, 1.165) is 11.3 Å². The van der Waals surface area contributed by atoms with Crippen molar-refractivity contribution >= 4 is 5.97 Å². The summed E-state index contributed by atoms with van der Waals surface area (Å²) in [7, 11) is 0. The number of nitrogens with zero attached hydrogens (tertiary/aromatic N) is 4. The molecule has 94 valence electrons. The Bertz CT molecular complexity index is 577. The van der Waals surface area contributed by atoms with Gasteiger partial charge in [0.1, 0.15) is 0 Å². The van der Waals surface area contributed by atoms with Crippen molar-refractivity contribution < 1.29 is 9.90 Å². The van der Waals surface area contributed by atoms with Crippen LogP contribution < -0.4 is 0 Å². The van der Waals surface area contributed by atoms with E-state index in [2.05, 4.69) is 15.4 Å². The molecule has 0 unspecified atom stereocenters. The Morgan fingerprint density at radius 3 is 2.83 bits per heavy atom. The first-order valence-electron chi connectivity index (χ1n) is 5.64. The van der Waals surface area contributed by atoms with Gasteiger partial charge < -0.3 is 5.11 Å². The molecule has 0 bridgehead atoms. The second-order valence-electron chi connectivity index (χ2n) is 4.18. The number of carboxylic acid groups (broad SMARTS) is 1. The molecule has 0 aliphatic heterocycles. The minimum absolute atomic E-state index is 0.0125. The van der Waals surface area contributed by atoms with Gasteiger partial charge in [0.15, 0.2) is 5.82 Å². The lowest BCUT2D eigenvalue weighted by Crippen LogP contribution is -2.03. The molecule has 0 amide bonds. The highest BCUT2D eigenvalue weighted by atomic mass is 16.4. The first-order valence-corrected chi connectivity index (χ1v) is 5.64. The quantitative estimate of drug-likeness (QED) is 0.879. The second-order valence-corrected chi connectivity index (χ2v) is 4.18. The summed E-state index contributed by atoms with van der Waals surface area (Å²) in [5, 5.41) is 20.5. The summed E-state index contributed by atoms with van der Waals surface area (Å²) in [6.07, 6.45) is 0.304. The van der Waals surface area contributed by atoms with Crippen LogP contribution in [0.1, 0.15) is 23.4 Å². The molecule has 6 heteroatoms. The monoisotopic (exact) mass is 246 g/mol. The molecule has 0 aliphatic carbocycles.